The number of aromatic nitrogens is 1. The van der Waals surface area contributed by atoms with E-state index in [2.05, 4.69) is 33.0 Å². The van der Waals surface area contributed by atoms with Crippen LogP contribution in [-0.2, 0) is 6.42 Å². The van der Waals surface area contributed by atoms with Gasteiger partial charge in [0.25, 0.3) is 0 Å². The zero-order valence-electron chi connectivity index (χ0n) is 15.4. The third-order valence-corrected chi connectivity index (χ3v) is 7.30. The average molecular weight is 413 g/mol. The zero-order valence-corrected chi connectivity index (χ0v) is 17.0. The minimum absolute atomic E-state index is 0.112. The molecule has 0 spiro atoms. The molecule has 0 bridgehead atoms. The van der Waals surface area contributed by atoms with E-state index in [4.69, 9.17) is 5.73 Å². The molecule has 0 aliphatic carbocycles. The standard InChI is InChI=1S/C21H21FN4S2/c22-19-13-15-17(5-2-6-18(15)27-19)26-11-9-25(10-12-26)8-7-14-3-1-4-16-20(14)28-21(23)24-16/h1-6,13H,7-12H2,(H2,23,24). The summed E-state index contributed by atoms with van der Waals surface area (Å²) in [5, 5.41) is 1.56. The fraction of sp³-hybridized carbons (Fsp3) is 0.286. The van der Waals surface area contributed by atoms with E-state index in [1.165, 1.54) is 21.6 Å². The van der Waals surface area contributed by atoms with Crippen LogP contribution in [0.4, 0.5) is 15.2 Å². The van der Waals surface area contributed by atoms with Gasteiger partial charge in [-0.25, -0.2) is 4.98 Å². The van der Waals surface area contributed by atoms with Crippen molar-refractivity contribution in [3.05, 3.63) is 53.2 Å². The molecule has 0 amide bonds. The van der Waals surface area contributed by atoms with Gasteiger partial charge < -0.3 is 10.6 Å². The highest BCUT2D eigenvalue weighted by atomic mass is 32.1. The molecule has 4 nitrogen and oxygen atoms in total. The van der Waals surface area contributed by atoms with Gasteiger partial charge in [0.05, 0.1) is 10.2 Å². The Morgan fingerprint density at radius 1 is 1.04 bits per heavy atom. The number of anilines is 2. The van der Waals surface area contributed by atoms with Crippen molar-refractivity contribution in [2.24, 2.45) is 0 Å². The van der Waals surface area contributed by atoms with Crippen LogP contribution in [0.2, 0.25) is 0 Å². The first-order chi connectivity index (χ1) is 13.7. The smallest absolute Gasteiger partial charge is 0.181 e. The Morgan fingerprint density at radius 3 is 2.71 bits per heavy atom. The molecule has 0 atom stereocenters. The van der Waals surface area contributed by atoms with Crippen molar-refractivity contribution in [2.45, 2.75) is 6.42 Å². The second-order valence-electron chi connectivity index (χ2n) is 7.14. The fourth-order valence-corrected chi connectivity index (χ4v) is 5.68. The normalized spacial score (nSPS) is 15.7. The number of thiazole rings is 1. The Labute approximate surface area is 171 Å². The maximum Gasteiger partial charge on any atom is 0.181 e. The summed E-state index contributed by atoms with van der Waals surface area (Å²) in [6, 6.07) is 14.1. The van der Waals surface area contributed by atoms with Crippen LogP contribution in [0.15, 0.2) is 42.5 Å². The lowest BCUT2D eigenvalue weighted by Gasteiger charge is -2.36. The predicted molar refractivity (Wildman–Crippen MR) is 118 cm³/mol. The number of hydrogen-bond donors (Lipinski definition) is 1. The first-order valence-electron chi connectivity index (χ1n) is 9.47. The second kappa shape index (κ2) is 7.31. The monoisotopic (exact) mass is 412 g/mol. The number of thiophene rings is 1. The molecule has 7 heteroatoms. The number of nitrogen functional groups attached to an aromatic ring is 1. The Bertz CT molecular complexity index is 1130. The van der Waals surface area contributed by atoms with Gasteiger partial charge in [0.15, 0.2) is 10.3 Å². The van der Waals surface area contributed by atoms with Gasteiger partial charge in [0.1, 0.15) is 0 Å². The van der Waals surface area contributed by atoms with Crippen LogP contribution in [0.3, 0.4) is 0 Å². The molecule has 2 aromatic heterocycles. The van der Waals surface area contributed by atoms with Crippen LogP contribution in [0.5, 0.6) is 0 Å². The number of benzene rings is 2. The largest absolute Gasteiger partial charge is 0.375 e. The summed E-state index contributed by atoms with van der Waals surface area (Å²) in [4.78, 5) is 9.28. The van der Waals surface area contributed by atoms with Crippen LogP contribution >= 0.6 is 22.7 Å². The van der Waals surface area contributed by atoms with E-state index in [0.717, 1.165) is 60.4 Å². The van der Waals surface area contributed by atoms with Gasteiger partial charge in [-0.15, -0.1) is 11.3 Å². The summed E-state index contributed by atoms with van der Waals surface area (Å²) in [6.45, 7) is 5.00. The number of fused-ring (bicyclic) bond motifs is 2. The lowest BCUT2D eigenvalue weighted by Crippen LogP contribution is -2.47. The van der Waals surface area contributed by atoms with E-state index < -0.39 is 0 Å². The molecule has 3 heterocycles. The van der Waals surface area contributed by atoms with E-state index >= 15 is 0 Å². The molecule has 1 fully saturated rings. The number of nitrogens with two attached hydrogens (primary N) is 1. The number of nitrogens with zero attached hydrogens (tertiary/aromatic N) is 3. The average Bonchev–Trinajstić information content (AvgIpc) is 3.27. The molecule has 2 N–H and O–H groups in total. The molecule has 0 saturated carbocycles. The molecule has 28 heavy (non-hydrogen) atoms. The van der Waals surface area contributed by atoms with Crippen molar-refractivity contribution in [1.82, 2.24) is 9.88 Å². The maximum atomic E-state index is 13.7. The first kappa shape index (κ1) is 17.8. The van der Waals surface area contributed by atoms with E-state index in [-0.39, 0.29) is 5.13 Å². The quantitative estimate of drug-likeness (QED) is 0.532. The highest BCUT2D eigenvalue weighted by Crippen LogP contribution is 2.33. The Kier molecular flexibility index (Phi) is 4.66. The van der Waals surface area contributed by atoms with Crippen molar-refractivity contribution in [2.75, 3.05) is 43.4 Å². The lowest BCUT2D eigenvalue weighted by atomic mass is 10.1. The molecule has 1 aliphatic heterocycles. The summed E-state index contributed by atoms with van der Waals surface area (Å²) in [7, 11) is 0. The number of rotatable bonds is 4. The van der Waals surface area contributed by atoms with Gasteiger partial charge in [-0.3, -0.25) is 4.90 Å². The van der Waals surface area contributed by atoms with Crippen LogP contribution in [-0.4, -0.2) is 42.6 Å². The summed E-state index contributed by atoms with van der Waals surface area (Å²) in [6.07, 6.45) is 1.00. The van der Waals surface area contributed by atoms with Crippen LogP contribution < -0.4 is 10.6 Å². The molecule has 5 rings (SSSR count). The molecule has 4 aromatic rings. The third-order valence-electron chi connectivity index (χ3n) is 5.43. The molecular formula is C21H21FN4S2. The number of hydrogen-bond acceptors (Lipinski definition) is 6. The molecule has 0 unspecified atom stereocenters. The Balaban J connectivity index is 1.24. The van der Waals surface area contributed by atoms with Crippen LogP contribution in [0, 0.1) is 5.13 Å². The van der Waals surface area contributed by atoms with Gasteiger partial charge in [-0.2, -0.15) is 4.39 Å². The number of halogens is 1. The summed E-state index contributed by atoms with van der Waals surface area (Å²) in [5.41, 5.74) is 9.36. The van der Waals surface area contributed by atoms with E-state index in [9.17, 15) is 4.39 Å². The van der Waals surface area contributed by atoms with Crippen molar-refractivity contribution in [3.63, 3.8) is 0 Å². The summed E-state index contributed by atoms with van der Waals surface area (Å²) < 4.78 is 15.9. The van der Waals surface area contributed by atoms with Crippen molar-refractivity contribution >= 4 is 53.8 Å². The molecule has 0 radical (unpaired) electrons. The predicted octanol–water partition coefficient (Wildman–Crippen LogP) is 4.60. The fourth-order valence-electron chi connectivity index (χ4n) is 4.00. The molecule has 1 aliphatic rings. The minimum atomic E-state index is -0.112. The van der Waals surface area contributed by atoms with E-state index in [1.54, 1.807) is 17.4 Å². The lowest BCUT2D eigenvalue weighted by molar-refractivity contribution is 0.261. The summed E-state index contributed by atoms with van der Waals surface area (Å²) >= 11 is 2.80. The minimum Gasteiger partial charge on any atom is -0.375 e. The van der Waals surface area contributed by atoms with Gasteiger partial charge in [0.2, 0.25) is 0 Å². The zero-order chi connectivity index (χ0) is 19.1. The SMILES string of the molecule is Nc1nc2cccc(CCN3CCN(c4cccc5sc(F)cc45)CC3)c2s1. The van der Waals surface area contributed by atoms with Crippen LogP contribution in [0.1, 0.15) is 5.56 Å². The van der Waals surface area contributed by atoms with Gasteiger partial charge in [-0.1, -0.05) is 29.5 Å². The second-order valence-corrected chi connectivity index (χ2v) is 9.20. The van der Waals surface area contributed by atoms with E-state index in [1.807, 2.05) is 18.2 Å². The maximum absolute atomic E-state index is 13.7. The van der Waals surface area contributed by atoms with Gasteiger partial charge in [0, 0.05) is 48.5 Å². The molecule has 144 valence electrons. The number of piperazine rings is 1. The van der Waals surface area contributed by atoms with Gasteiger partial charge >= 0.3 is 0 Å². The first-order valence-corrected chi connectivity index (χ1v) is 11.1. The topological polar surface area (TPSA) is 45.4 Å². The van der Waals surface area contributed by atoms with Crippen molar-refractivity contribution < 1.29 is 4.39 Å². The summed E-state index contributed by atoms with van der Waals surface area (Å²) in [5.74, 6) is 0. The molecular weight excluding hydrogens is 391 g/mol. The van der Waals surface area contributed by atoms with Crippen molar-refractivity contribution in [3.8, 4) is 0 Å². The highest BCUT2D eigenvalue weighted by Gasteiger charge is 2.19. The van der Waals surface area contributed by atoms with Gasteiger partial charge in [-0.05, 0) is 36.2 Å². The van der Waals surface area contributed by atoms with E-state index in [0.29, 0.717) is 5.13 Å². The molecule has 1 saturated heterocycles. The Morgan fingerprint density at radius 2 is 1.86 bits per heavy atom. The van der Waals surface area contributed by atoms with Crippen LogP contribution in [0.25, 0.3) is 20.3 Å². The highest BCUT2D eigenvalue weighted by molar-refractivity contribution is 7.22. The van der Waals surface area contributed by atoms with Crippen molar-refractivity contribution in [1.29, 1.82) is 0 Å². The molecule has 2 aromatic carbocycles. The Hall–Kier alpha value is -2.22. The third kappa shape index (κ3) is 3.34.